The summed E-state index contributed by atoms with van der Waals surface area (Å²) < 4.78 is 12.6. The number of fused-ring (bicyclic) bond motifs is 1. The van der Waals surface area contributed by atoms with Crippen LogP contribution in [-0.2, 0) is 16.1 Å². The van der Waals surface area contributed by atoms with Crippen molar-refractivity contribution in [3.8, 4) is 5.75 Å². The number of hydrogen-bond acceptors (Lipinski definition) is 5. The van der Waals surface area contributed by atoms with Gasteiger partial charge < -0.3 is 19.4 Å². The maximum absolute atomic E-state index is 12.7. The lowest BCUT2D eigenvalue weighted by Gasteiger charge is -2.15. The molecule has 1 heterocycles. The smallest absolute Gasteiger partial charge is 0.237 e. The highest BCUT2D eigenvalue weighted by atomic mass is 35.5. The predicted molar refractivity (Wildman–Crippen MR) is 114 cm³/mol. The number of rotatable bonds is 8. The minimum atomic E-state index is -0.373. The summed E-state index contributed by atoms with van der Waals surface area (Å²) in [6, 6.07) is 13.0. The second-order valence-electron chi connectivity index (χ2n) is 6.12. The van der Waals surface area contributed by atoms with E-state index in [-0.39, 0.29) is 11.2 Å². The van der Waals surface area contributed by atoms with Crippen molar-refractivity contribution in [1.29, 1.82) is 0 Å². The molecular formula is C20H22ClN3O3S. The van der Waals surface area contributed by atoms with Gasteiger partial charge in [0.15, 0.2) is 5.16 Å². The molecule has 0 fully saturated rings. The first-order valence-electron chi connectivity index (χ1n) is 8.78. The highest BCUT2D eigenvalue weighted by Crippen LogP contribution is 2.31. The van der Waals surface area contributed by atoms with Gasteiger partial charge in [0.1, 0.15) is 5.75 Å². The van der Waals surface area contributed by atoms with Gasteiger partial charge in [0.25, 0.3) is 0 Å². The molecule has 1 aromatic heterocycles. The first kappa shape index (κ1) is 20.5. The Kier molecular flexibility index (Phi) is 6.83. The van der Waals surface area contributed by atoms with E-state index in [9.17, 15) is 4.79 Å². The topological polar surface area (TPSA) is 65.4 Å². The molecule has 0 bridgehead atoms. The zero-order chi connectivity index (χ0) is 20.1. The summed E-state index contributed by atoms with van der Waals surface area (Å²) in [5.41, 5.74) is 2.46. The minimum Gasteiger partial charge on any atom is -0.495 e. The van der Waals surface area contributed by atoms with Crippen LogP contribution in [0.2, 0.25) is 5.02 Å². The largest absolute Gasteiger partial charge is 0.495 e. The Bertz CT molecular complexity index is 976. The predicted octanol–water partition coefficient (Wildman–Crippen LogP) is 4.46. The summed E-state index contributed by atoms with van der Waals surface area (Å²) in [6.45, 7) is 3.07. The fourth-order valence-electron chi connectivity index (χ4n) is 2.77. The summed E-state index contributed by atoms with van der Waals surface area (Å²) in [7, 11) is 3.22. The van der Waals surface area contributed by atoms with Gasteiger partial charge in [-0.15, -0.1) is 0 Å². The summed E-state index contributed by atoms with van der Waals surface area (Å²) in [5.74, 6) is 0.401. The van der Waals surface area contributed by atoms with Gasteiger partial charge in [-0.3, -0.25) is 4.79 Å². The van der Waals surface area contributed by atoms with E-state index in [4.69, 9.17) is 21.1 Å². The van der Waals surface area contributed by atoms with Gasteiger partial charge in [-0.2, -0.15) is 0 Å². The molecule has 148 valence electrons. The molecule has 0 radical (unpaired) electrons. The lowest BCUT2D eigenvalue weighted by Crippen LogP contribution is -2.23. The van der Waals surface area contributed by atoms with Crippen LogP contribution in [0.4, 0.5) is 5.69 Å². The average Bonchev–Trinajstić information content (AvgIpc) is 3.03. The monoisotopic (exact) mass is 419 g/mol. The number of benzene rings is 2. The van der Waals surface area contributed by atoms with Crippen molar-refractivity contribution in [2.45, 2.75) is 23.9 Å². The zero-order valence-corrected chi connectivity index (χ0v) is 17.5. The Morgan fingerprint density at radius 1 is 1.29 bits per heavy atom. The Labute approximate surface area is 173 Å². The van der Waals surface area contributed by atoms with Crippen LogP contribution >= 0.6 is 23.4 Å². The number of anilines is 1. The first-order valence-corrected chi connectivity index (χ1v) is 10.0. The van der Waals surface area contributed by atoms with Crippen molar-refractivity contribution < 1.29 is 14.3 Å². The Morgan fingerprint density at radius 3 is 2.82 bits per heavy atom. The van der Waals surface area contributed by atoms with E-state index in [1.54, 1.807) is 32.4 Å². The number of thioether (sulfide) groups is 1. The number of para-hydroxylation sites is 2. The van der Waals surface area contributed by atoms with Gasteiger partial charge >= 0.3 is 0 Å². The number of nitrogens with one attached hydrogen (secondary N) is 1. The van der Waals surface area contributed by atoms with Crippen LogP contribution in [-0.4, -0.2) is 41.5 Å². The summed E-state index contributed by atoms with van der Waals surface area (Å²) >= 11 is 7.45. The lowest BCUT2D eigenvalue weighted by molar-refractivity contribution is -0.115. The van der Waals surface area contributed by atoms with E-state index in [0.717, 1.165) is 16.2 Å². The zero-order valence-electron chi connectivity index (χ0n) is 15.9. The second kappa shape index (κ2) is 9.32. The van der Waals surface area contributed by atoms with Crippen LogP contribution in [0.3, 0.4) is 0 Å². The Balaban J connectivity index is 1.80. The third-order valence-electron chi connectivity index (χ3n) is 4.21. The van der Waals surface area contributed by atoms with E-state index in [1.165, 1.54) is 11.8 Å². The lowest BCUT2D eigenvalue weighted by atomic mass is 10.3. The Hall–Kier alpha value is -2.22. The molecule has 6 nitrogen and oxygen atoms in total. The van der Waals surface area contributed by atoms with Gasteiger partial charge in [-0.25, -0.2) is 4.98 Å². The van der Waals surface area contributed by atoms with Gasteiger partial charge in [0, 0.05) is 18.7 Å². The van der Waals surface area contributed by atoms with Crippen molar-refractivity contribution in [2.75, 3.05) is 26.1 Å². The normalized spacial score (nSPS) is 12.1. The summed E-state index contributed by atoms with van der Waals surface area (Å²) in [6.07, 6.45) is 0. The number of hydrogen-bond donors (Lipinski definition) is 1. The summed E-state index contributed by atoms with van der Waals surface area (Å²) in [5, 5.41) is 3.82. The second-order valence-corrected chi connectivity index (χ2v) is 7.87. The molecule has 1 N–H and O–H groups in total. The van der Waals surface area contributed by atoms with E-state index < -0.39 is 0 Å². The average molecular weight is 420 g/mol. The first-order chi connectivity index (χ1) is 13.5. The number of amides is 1. The van der Waals surface area contributed by atoms with Crippen molar-refractivity contribution in [3.63, 3.8) is 0 Å². The van der Waals surface area contributed by atoms with Crippen LogP contribution in [0.15, 0.2) is 47.6 Å². The van der Waals surface area contributed by atoms with Crippen LogP contribution in [0.25, 0.3) is 11.0 Å². The van der Waals surface area contributed by atoms with Gasteiger partial charge in [0.2, 0.25) is 5.91 Å². The summed E-state index contributed by atoms with van der Waals surface area (Å²) in [4.78, 5) is 17.4. The number of halogens is 1. The number of methoxy groups -OCH3 is 2. The molecule has 1 amide bonds. The molecule has 0 aliphatic carbocycles. The van der Waals surface area contributed by atoms with E-state index in [2.05, 4.69) is 14.9 Å². The quantitative estimate of drug-likeness (QED) is 0.546. The van der Waals surface area contributed by atoms with E-state index in [0.29, 0.717) is 29.6 Å². The van der Waals surface area contributed by atoms with Gasteiger partial charge in [-0.1, -0.05) is 35.5 Å². The van der Waals surface area contributed by atoms with Crippen LogP contribution < -0.4 is 10.1 Å². The molecule has 0 saturated carbocycles. The van der Waals surface area contributed by atoms with Crippen molar-refractivity contribution in [1.82, 2.24) is 9.55 Å². The van der Waals surface area contributed by atoms with Gasteiger partial charge in [-0.05, 0) is 37.3 Å². The maximum Gasteiger partial charge on any atom is 0.237 e. The molecule has 0 aliphatic rings. The molecular weight excluding hydrogens is 398 g/mol. The molecule has 0 aliphatic heterocycles. The van der Waals surface area contributed by atoms with Crippen molar-refractivity contribution >= 4 is 46.0 Å². The molecule has 1 atom stereocenters. The number of nitrogens with zero attached hydrogens (tertiary/aromatic N) is 2. The standard InChI is InChI=1S/C20H22ClN3O3S/c1-13(19(25)22-16-12-14(21)8-9-18(16)27-3)28-20-23-15-6-4-5-7-17(15)24(20)10-11-26-2/h4-9,12-13H,10-11H2,1-3H3,(H,22,25)/t13-/m0/s1. The minimum absolute atomic E-state index is 0.157. The highest BCUT2D eigenvalue weighted by Gasteiger charge is 2.20. The van der Waals surface area contributed by atoms with Crippen molar-refractivity contribution in [2.24, 2.45) is 0 Å². The Morgan fingerprint density at radius 2 is 2.07 bits per heavy atom. The molecule has 2 aromatic carbocycles. The third-order valence-corrected chi connectivity index (χ3v) is 5.53. The fraction of sp³-hybridized carbons (Fsp3) is 0.300. The molecule has 28 heavy (non-hydrogen) atoms. The number of imidazole rings is 1. The number of aromatic nitrogens is 2. The van der Waals surface area contributed by atoms with Crippen molar-refractivity contribution in [3.05, 3.63) is 47.5 Å². The SMILES string of the molecule is COCCn1c(S[C@@H](C)C(=O)Nc2cc(Cl)ccc2OC)nc2ccccc21. The van der Waals surface area contributed by atoms with E-state index in [1.807, 2.05) is 31.2 Å². The molecule has 8 heteroatoms. The maximum atomic E-state index is 12.7. The fourth-order valence-corrected chi connectivity index (χ4v) is 3.89. The van der Waals surface area contributed by atoms with E-state index >= 15 is 0 Å². The number of carbonyl (C=O) groups is 1. The number of ether oxygens (including phenoxy) is 2. The van der Waals surface area contributed by atoms with Gasteiger partial charge in [0.05, 0.1) is 35.7 Å². The molecule has 0 saturated heterocycles. The number of carbonyl (C=O) groups excluding carboxylic acids is 1. The molecule has 0 spiro atoms. The van der Waals surface area contributed by atoms with Crippen LogP contribution in [0.5, 0.6) is 5.75 Å². The van der Waals surface area contributed by atoms with Crippen LogP contribution in [0, 0.1) is 0 Å². The molecule has 3 rings (SSSR count). The molecule has 3 aromatic rings. The highest BCUT2D eigenvalue weighted by molar-refractivity contribution is 8.00. The third kappa shape index (κ3) is 4.60. The van der Waals surface area contributed by atoms with Crippen LogP contribution in [0.1, 0.15) is 6.92 Å². The molecule has 0 unspecified atom stereocenters.